The molecular formula is C24H27ClN4O. The van der Waals surface area contributed by atoms with Gasteiger partial charge in [0.05, 0.1) is 23.1 Å². The first-order valence-corrected chi connectivity index (χ1v) is 10.9. The van der Waals surface area contributed by atoms with E-state index in [1.165, 1.54) is 31.5 Å². The zero-order chi connectivity index (χ0) is 20.9. The van der Waals surface area contributed by atoms with Gasteiger partial charge in [-0.25, -0.2) is 4.68 Å². The summed E-state index contributed by atoms with van der Waals surface area (Å²) in [5.41, 5.74) is 4.74. The maximum Gasteiger partial charge on any atom is 0.255 e. The van der Waals surface area contributed by atoms with Crippen LogP contribution in [0.1, 0.15) is 46.9 Å². The zero-order valence-corrected chi connectivity index (χ0v) is 18.0. The Labute approximate surface area is 182 Å². The minimum absolute atomic E-state index is 0.110. The van der Waals surface area contributed by atoms with Crippen molar-refractivity contribution in [1.29, 1.82) is 0 Å². The Bertz CT molecular complexity index is 1010. The summed E-state index contributed by atoms with van der Waals surface area (Å²) >= 11 is 6.11. The number of hydrogen-bond donors (Lipinski definition) is 1. The van der Waals surface area contributed by atoms with Gasteiger partial charge in [0, 0.05) is 18.1 Å². The van der Waals surface area contributed by atoms with Crippen molar-refractivity contribution < 1.29 is 4.79 Å². The molecule has 0 atom stereocenters. The summed E-state index contributed by atoms with van der Waals surface area (Å²) in [5.74, 6) is -0.110. The van der Waals surface area contributed by atoms with Gasteiger partial charge in [0.25, 0.3) is 5.91 Å². The summed E-state index contributed by atoms with van der Waals surface area (Å²) in [6.07, 6.45) is 4.93. The van der Waals surface area contributed by atoms with E-state index in [0.717, 1.165) is 23.5 Å². The van der Waals surface area contributed by atoms with Crippen LogP contribution < -0.4 is 5.32 Å². The Hall–Kier alpha value is -2.63. The molecule has 30 heavy (non-hydrogen) atoms. The van der Waals surface area contributed by atoms with Gasteiger partial charge in [0.2, 0.25) is 0 Å². The minimum atomic E-state index is -0.110. The first-order valence-electron chi connectivity index (χ1n) is 10.5. The maximum absolute atomic E-state index is 12.8. The number of likely N-dealkylation sites (tertiary alicyclic amines) is 1. The van der Waals surface area contributed by atoms with E-state index in [-0.39, 0.29) is 5.91 Å². The first kappa shape index (κ1) is 20.6. The molecule has 0 aliphatic carbocycles. The van der Waals surface area contributed by atoms with Gasteiger partial charge in [0.15, 0.2) is 0 Å². The van der Waals surface area contributed by atoms with Crippen LogP contribution in [0.25, 0.3) is 5.69 Å². The highest BCUT2D eigenvalue weighted by Crippen LogP contribution is 2.19. The van der Waals surface area contributed by atoms with Gasteiger partial charge in [-0.3, -0.25) is 9.69 Å². The van der Waals surface area contributed by atoms with Crippen molar-refractivity contribution in [2.24, 2.45) is 0 Å². The Balaban J connectivity index is 1.40. The van der Waals surface area contributed by atoms with E-state index in [1.807, 2.05) is 31.2 Å². The van der Waals surface area contributed by atoms with E-state index in [9.17, 15) is 4.79 Å². The van der Waals surface area contributed by atoms with Crippen LogP contribution in [0.15, 0.2) is 54.7 Å². The average molecular weight is 423 g/mol. The summed E-state index contributed by atoms with van der Waals surface area (Å²) in [5, 5.41) is 8.10. The number of aromatic nitrogens is 2. The van der Waals surface area contributed by atoms with Crippen molar-refractivity contribution in [3.8, 4) is 5.69 Å². The summed E-state index contributed by atoms with van der Waals surface area (Å²) in [4.78, 5) is 15.3. The summed E-state index contributed by atoms with van der Waals surface area (Å²) < 4.78 is 1.79. The van der Waals surface area contributed by atoms with Gasteiger partial charge in [-0.2, -0.15) is 5.10 Å². The molecule has 0 radical (unpaired) electrons. The molecule has 1 fully saturated rings. The van der Waals surface area contributed by atoms with Gasteiger partial charge in [-0.1, -0.05) is 48.9 Å². The number of rotatable bonds is 7. The molecule has 1 amide bonds. The fraction of sp³-hybridized carbons (Fsp3) is 0.333. The number of halogens is 1. The highest BCUT2D eigenvalue weighted by Gasteiger charge is 2.17. The second kappa shape index (κ2) is 9.45. The smallest absolute Gasteiger partial charge is 0.255 e. The molecule has 1 saturated heterocycles. The molecule has 4 rings (SSSR count). The van der Waals surface area contributed by atoms with E-state index in [0.29, 0.717) is 23.6 Å². The molecule has 2 heterocycles. The largest absolute Gasteiger partial charge is 0.348 e. The minimum Gasteiger partial charge on any atom is -0.348 e. The van der Waals surface area contributed by atoms with Crippen LogP contribution in [0.5, 0.6) is 0 Å². The lowest BCUT2D eigenvalue weighted by molar-refractivity contribution is 0.0950. The van der Waals surface area contributed by atoms with Gasteiger partial charge in [-0.05, 0) is 61.7 Å². The predicted octanol–water partition coefficient (Wildman–Crippen LogP) is 4.61. The van der Waals surface area contributed by atoms with Crippen molar-refractivity contribution in [2.75, 3.05) is 13.1 Å². The van der Waals surface area contributed by atoms with Crippen molar-refractivity contribution in [3.63, 3.8) is 0 Å². The summed E-state index contributed by atoms with van der Waals surface area (Å²) in [7, 11) is 0. The van der Waals surface area contributed by atoms with E-state index in [4.69, 9.17) is 11.6 Å². The zero-order valence-electron chi connectivity index (χ0n) is 17.3. The van der Waals surface area contributed by atoms with E-state index < -0.39 is 0 Å². The molecule has 5 nitrogen and oxygen atoms in total. The number of carbonyl (C=O) groups is 1. The topological polar surface area (TPSA) is 50.2 Å². The van der Waals surface area contributed by atoms with Crippen LogP contribution in [0, 0.1) is 0 Å². The molecule has 3 aromatic rings. The monoisotopic (exact) mass is 422 g/mol. The normalized spacial score (nSPS) is 14.2. The van der Waals surface area contributed by atoms with Gasteiger partial charge in [-0.15, -0.1) is 0 Å². The second-order valence-electron chi connectivity index (χ2n) is 7.73. The van der Waals surface area contributed by atoms with Crippen molar-refractivity contribution in [2.45, 2.75) is 39.3 Å². The molecule has 0 spiro atoms. The predicted molar refractivity (Wildman–Crippen MR) is 120 cm³/mol. The van der Waals surface area contributed by atoms with E-state index >= 15 is 0 Å². The van der Waals surface area contributed by atoms with Crippen LogP contribution in [-0.4, -0.2) is 33.7 Å². The lowest BCUT2D eigenvalue weighted by Crippen LogP contribution is -2.24. The van der Waals surface area contributed by atoms with Crippen LogP contribution in [0.2, 0.25) is 5.02 Å². The highest BCUT2D eigenvalue weighted by molar-refractivity contribution is 6.30. The Morgan fingerprint density at radius 3 is 2.53 bits per heavy atom. The van der Waals surface area contributed by atoms with Gasteiger partial charge < -0.3 is 5.32 Å². The molecule has 6 heteroatoms. The Kier molecular flexibility index (Phi) is 6.50. The number of carbonyl (C=O) groups excluding carboxylic acids is 1. The molecular weight excluding hydrogens is 396 g/mol. The fourth-order valence-corrected chi connectivity index (χ4v) is 4.16. The molecule has 0 bridgehead atoms. The van der Waals surface area contributed by atoms with Crippen LogP contribution in [-0.2, 0) is 19.5 Å². The second-order valence-corrected chi connectivity index (χ2v) is 8.17. The van der Waals surface area contributed by atoms with Crippen molar-refractivity contribution in [1.82, 2.24) is 20.0 Å². The van der Waals surface area contributed by atoms with Crippen LogP contribution in [0.3, 0.4) is 0 Å². The number of benzene rings is 2. The SMILES string of the molecule is CCc1c(C(=O)NCc2ccc(CN3CCCC3)cc2)cnn1-c1cccc(Cl)c1. The first-order chi connectivity index (χ1) is 14.6. The van der Waals surface area contributed by atoms with Crippen LogP contribution >= 0.6 is 11.6 Å². The van der Waals surface area contributed by atoms with E-state index in [2.05, 4.69) is 39.6 Å². The third-order valence-corrected chi connectivity index (χ3v) is 5.82. The molecule has 0 saturated carbocycles. The Morgan fingerprint density at radius 2 is 1.83 bits per heavy atom. The Morgan fingerprint density at radius 1 is 1.10 bits per heavy atom. The number of nitrogens with one attached hydrogen (secondary N) is 1. The fourth-order valence-electron chi connectivity index (χ4n) is 3.97. The number of nitrogens with zero attached hydrogens (tertiary/aromatic N) is 3. The molecule has 1 aliphatic rings. The number of hydrogen-bond acceptors (Lipinski definition) is 3. The molecule has 0 unspecified atom stereocenters. The quantitative estimate of drug-likeness (QED) is 0.604. The molecule has 2 aromatic carbocycles. The average Bonchev–Trinajstić information content (AvgIpc) is 3.42. The summed E-state index contributed by atoms with van der Waals surface area (Å²) in [6, 6.07) is 16.0. The van der Waals surface area contributed by atoms with E-state index in [1.54, 1.807) is 10.9 Å². The van der Waals surface area contributed by atoms with Gasteiger partial charge in [0.1, 0.15) is 0 Å². The van der Waals surface area contributed by atoms with Crippen molar-refractivity contribution >= 4 is 17.5 Å². The van der Waals surface area contributed by atoms with Gasteiger partial charge >= 0.3 is 0 Å². The van der Waals surface area contributed by atoms with Crippen molar-refractivity contribution in [3.05, 3.63) is 82.1 Å². The van der Waals surface area contributed by atoms with Crippen LogP contribution in [0.4, 0.5) is 0 Å². The highest BCUT2D eigenvalue weighted by atomic mass is 35.5. The third-order valence-electron chi connectivity index (χ3n) is 5.58. The molecule has 1 N–H and O–H groups in total. The third kappa shape index (κ3) is 4.74. The molecule has 1 aliphatic heterocycles. The number of amides is 1. The molecule has 1 aromatic heterocycles. The summed E-state index contributed by atoms with van der Waals surface area (Å²) in [6.45, 7) is 5.92. The standard InChI is InChI=1S/C24H27ClN4O/c1-2-23-22(16-27-29(23)21-7-5-6-20(25)14-21)24(30)26-15-18-8-10-19(11-9-18)17-28-12-3-4-13-28/h5-11,14,16H,2-4,12-13,15,17H2,1H3,(H,26,30). The lowest BCUT2D eigenvalue weighted by atomic mass is 10.1. The lowest BCUT2D eigenvalue weighted by Gasteiger charge is -2.14. The maximum atomic E-state index is 12.8. The molecule has 156 valence electrons.